The van der Waals surface area contributed by atoms with Crippen LogP contribution in [0.2, 0.25) is 0 Å². The molecule has 0 aliphatic heterocycles. The van der Waals surface area contributed by atoms with Crippen LogP contribution < -0.4 is 15.4 Å². The van der Waals surface area contributed by atoms with Gasteiger partial charge in [0.05, 0.1) is 11.5 Å². The van der Waals surface area contributed by atoms with Crippen molar-refractivity contribution in [1.29, 1.82) is 0 Å². The number of aliphatic imine (C=N–C) groups is 1. The molecule has 2 rings (SSSR count). The summed E-state index contributed by atoms with van der Waals surface area (Å²) >= 11 is 0. The second-order valence-electron chi connectivity index (χ2n) is 6.40. The van der Waals surface area contributed by atoms with E-state index in [1.165, 1.54) is 13.2 Å². The molecule has 0 radical (unpaired) electrons. The quantitative estimate of drug-likeness (QED) is 0.326. The highest BCUT2D eigenvalue weighted by Crippen LogP contribution is 2.12. The van der Waals surface area contributed by atoms with Gasteiger partial charge in [0.2, 0.25) is 10.0 Å². The molecule has 0 aromatic heterocycles. The molecular formula is C20H27FN4O3S. The Balaban J connectivity index is 1.94. The standard InChI is InChI=1S/C20H27FN4O3S/c1-15-11-17(7-8-19(15)21)14-24-20(22-2)23-13-16-5-4-6-18(12-16)29(26,27)25-9-10-28-3/h4-8,11-12,25H,9-10,13-14H2,1-3H3,(H2,22,23,24). The van der Waals surface area contributed by atoms with E-state index in [1.54, 1.807) is 44.3 Å². The van der Waals surface area contributed by atoms with Crippen LogP contribution in [-0.4, -0.2) is 41.7 Å². The molecule has 0 spiro atoms. The van der Waals surface area contributed by atoms with Gasteiger partial charge in [-0.3, -0.25) is 4.99 Å². The van der Waals surface area contributed by atoms with Gasteiger partial charge in [0, 0.05) is 33.8 Å². The van der Waals surface area contributed by atoms with Gasteiger partial charge in [-0.25, -0.2) is 17.5 Å². The highest BCUT2D eigenvalue weighted by Gasteiger charge is 2.13. The Bertz CT molecular complexity index is 948. The van der Waals surface area contributed by atoms with Gasteiger partial charge < -0.3 is 15.4 Å². The van der Waals surface area contributed by atoms with E-state index in [2.05, 4.69) is 20.3 Å². The first kappa shape index (κ1) is 22.8. The van der Waals surface area contributed by atoms with Crippen LogP contribution in [0.4, 0.5) is 4.39 Å². The van der Waals surface area contributed by atoms with Gasteiger partial charge in [0.15, 0.2) is 5.96 Å². The lowest BCUT2D eigenvalue weighted by Gasteiger charge is -2.13. The summed E-state index contributed by atoms with van der Waals surface area (Å²) < 4.78 is 45.4. The van der Waals surface area contributed by atoms with Crippen molar-refractivity contribution in [2.45, 2.75) is 24.9 Å². The molecule has 0 aliphatic rings. The smallest absolute Gasteiger partial charge is 0.240 e. The maximum atomic E-state index is 13.4. The second-order valence-corrected chi connectivity index (χ2v) is 8.17. The molecule has 0 bridgehead atoms. The number of hydrogen-bond acceptors (Lipinski definition) is 4. The lowest BCUT2D eigenvalue weighted by atomic mass is 10.1. The summed E-state index contributed by atoms with van der Waals surface area (Å²) in [6, 6.07) is 11.6. The molecule has 0 atom stereocenters. The predicted octanol–water partition coefficient (Wildman–Crippen LogP) is 1.92. The third-order valence-electron chi connectivity index (χ3n) is 4.17. The van der Waals surface area contributed by atoms with E-state index in [0.29, 0.717) is 31.2 Å². The van der Waals surface area contributed by atoms with E-state index in [1.807, 2.05) is 6.07 Å². The van der Waals surface area contributed by atoms with E-state index in [9.17, 15) is 12.8 Å². The Hall–Kier alpha value is -2.49. The third-order valence-corrected chi connectivity index (χ3v) is 5.63. The van der Waals surface area contributed by atoms with Gasteiger partial charge in [0.25, 0.3) is 0 Å². The maximum absolute atomic E-state index is 13.4. The van der Waals surface area contributed by atoms with Crippen molar-refractivity contribution in [3.05, 3.63) is 65.0 Å². The van der Waals surface area contributed by atoms with Crippen LogP contribution in [0.5, 0.6) is 0 Å². The molecule has 0 fully saturated rings. The van der Waals surface area contributed by atoms with Gasteiger partial charge in [-0.15, -0.1) is 0 Å². The minimum atomic E-state index is -3.59. The van der Waals surface area contributed by atoms with E-state index < -0.39 is 10.0 Å². The first-order valence-electron chi connectivity index (χ1n) is 9.13. The van der Waals surface area contributed by atoms with Gasteiger partial charge in [-0.2, -0.15) is 0 Å². The molecule has 0 saturated carbocycles. The second kappa shape index (κ2) is 10.9. The number of nitrogens with one attached hydrogen (secondary N) is 3. The number of rotatable bonds is 9. The molecule has 0 heterocycles. The molecule has 158 valence electrons. The van der Waals surface area contributed by atoms with E-state index in [0.717, 1.165) is 11.1 Å². The number of aryl methyl sites for hydroxylation is 1. The molecule has 7 nitrogen and oxygen atoms in total. The fourth-order valence-corrected chi connectivity index (χ4v) is 3.68. The fourth-order valence-electron chi connectivity index (χ4n) is 2.59. The average Bonchev–Trinajstić information content (AvgIpc) is 2.71. The summed E-state index contributed by atoms with van der Waals surface area (Å²) in [6.07, 6.45) is 0. The van der Waals surface area contributed by atoms with Crippen molar-refractivity contribution in [3.63, 3.8) is 0 Å². The predicted molar refractivity (Wildman–Crippen MR) is 112 cm³/mol. The number of nitrogens with zero attached hydrogens (tertiary/aromatic N) is 1. The van der Waals surface area contributed by atoms with Crippen molar-refractivity contribution < 1.29 is 17.5 Å². The molecule has 2 aromatic carbocycles. The molecule has 2 aromatic rings. The number of methoxy groups -OCH3 is 1. The van der Waals surface area contributed by atoms with Gasteiger partial charge in [-0.1, -0.05) is 24.3 Å². The number of benzene rings is 2. The average molecular weight is 423 g/mol. The van der Waals surface area contributed by atoms with Crippen LogP contribution in [0.3, 0.4) is 0 Å². The number of guanidine groups is 1. The molecule has 3 N–H and O–H groups in total. The maximum Gasteiger partial charge on any atom is 0.240 e. The fraction of sp³-hybridized carbons (Fsp3) is 0.350. The third kappa shape index (κ3) is 7.12. The number of ether oxygens (including phenoxy) is 1. The number of sulfonamides is 1. The van der Waals surface area contributed by atoms with Crippen molar-refractivity contribution in [2.75, 3.05) is 27.3 Å². The summed E-state index contributed by atoms with van der Waals surface area (Å²) in [5.74, 6) is 0.321. The van der Waals surface area contributed by atoms with Gasteiger partial charge >= 0.3 is 0 Å². The molecule has 29 heavy (non-hydrogen) atoms. The first-order chi connectivity index (χ1) is 13.9. The molecule has 0 aliphatic carbocycles. The van der Waals surface area contributed by atoms with Crippen molar-refractivity contribution in [3.8, 4) is 0 Å². The zero-order valence-corrected chi connectivity index (χ0v) is 17.6. The topological polar surface area (TPSA) is 91.8 Å². The van der Waals surface area contributed by atoms with Gasteiger partial charge in [-0.05, 0) is 41.8 Å². The SMILES string of the molecule is CN=C(NCc1cccc(S(=O)(=O)NCCOC)c1)NCc1ccc(F)c(C)c1. The van der Waals surface area contributed by atoms with Crippen LogP contribution in [0.25, 0.3) is 0 Å². The molecule has 9 heteroatoms. The van der Waals surface area contributed by atoms with Crippen LogP contribution >= 0.6 is 0 Å². The van der Waals surface area contributed by atoms with Gasteiger partial charge in [0.1, 0.15) is 5.82 Å². The van der Waals surface area contributed by atoms with Crippen LogP contribution in [0, 0.1) is 12.7 Å². The summed E-state index contributed by atoms with van der Waals surface area (Å²) in [7, 11) is -0.430. The lowest BCUT2D eigenvalue weighted by Crippen LogP contribution is -2.36. The molecule has 0 amide bonds. The van der Waals surface area contributed by atoms with Crippen molar-refractivity contribution in [2.24, 2.45) is 4.99 Å². The van der Waals surface area contributed by atoms with Crippen LogP contribution in [0.15, 0.2) is 52.4 Å². The number of hydrogen-bond donors (Lipinski definition) is 3. The minimum absolute atomic E-state index is 0.192. The molecule has 0 saturated heterocycles. The summed E-state index contributed by atoms with van der Waals surface area (Å²) in [5.41, 5.74) is 2.31. The van der Waals surface area contributed by atoms with E-state index in [4.69, 9.17) is 4.74 Å². The Labute approximate surface area is 171 Å². The molecular weight excluding hydrogens is 395 g/mol. The summed E-state index contributed by atoms with van der Waals surface area (Å²) in [5, 5.41) is 6.30. The number of halogens is 1. The first-order valence-corrected chi connectivity index (χ1v) is 10.6. The zero-order valence-electron chi connectivity index (χ0n) is 16.8. The normalized spacial score (nSPS) is 12.1. The lowest BCUT2D eigenvalue weighted by molar-refractivity contribution is 0.204. The Morgan fingerprint density at radius 2 is 1.79 bits per heavy atom. The largest absolute Gasteiger partial charge is 0.383 e. The highest BCUT2D eigenvalue weighted by atomic mass is 32.2. The molecule has 0 unspecified atom stereocenters. The minimum Gasteiger partial charge on any atom is -0.383 e. The van der Waals surface area contributed by atoms with E-state index in [-0.39, 0.29) is 17.3 Å². The van der Waals surface area contributed by atoms with E-state index >= 15 is 0 Å². The Morgan fingerprint density at radius 3 is 2.41 bits per heavy atom. The monoisotopic (exact) mass is 422 g/mol. The van der Waals surface area contributed by atoms with Crippen molar-refractivity contribution >= 4 is 16.0 Å². The Morgan fingerprint density at radius 1 is 1.10 bits per heavy atom. The zero-order chi connectivity index (χ0) is 21.3. The summed E-state index contributed by atoms with van der Waals surface area (Å²) in [4.78, 5) is 4.35. The summed E-state index contributed by atoms with van der Waals surface area (Å²) in [6.45, 7) is 3.11. The Kier molecular flexibility index (Phi) is 8.56. The van der Waals surface area contributed by atoms with Crippen LogP contribution in [0.1, 0.15) is 16.7 Å². The van der Waals surface area contributed by atoms with Crippen LogP contribution in [-0.2, 0) is 27.8 Å². The highest BCUT2D eigenvalue weighted by molar-refractivity contribution is 7.89. The van der Waals surface area contributed by atoms with Crippen molar-refractivity contribution in [1.82, 2.24) is 15.4 Å².